The molecule has 4 saturated carbocycles. The van der Waals surface area contributed by atoms with Crippen molar-refractivity contribution in [2.75, 3.05) is 4.90 Å². The molecule has 7 aliphatic rings. The number of carbonyl (C=O) groups excluding carboxylic acids is 2. The number of allylic oxidation sites excluding steroid dienone is 1. The molecule has 4 heterocycles. The second-order valence-corrected chi connectivity index (χ2v) is 23.8. The van der Waals surface area contributed by atoms with Crippen LogP contribution in [0.5, 0.6) is 0 Å². The molecule has 2 aromatic heterocycles. The zero-order valence-electron chi connectivity index (χ0n) is 25.9. The van der Waals surface area contributed by atoms with Gasteiger partial charge in [0, 0.05) is 0 Å². The summed E-state index contributed by atoms with van der Waals surface area (Å²) in [4.78, 5) is 32.5. The number of anilines is 3. The zero-order valence-corrected chi connectivity index (χ0v) is 30.4. The van der Waals surface area contributed by atoms with E-state index in [4.69, 9.17) is 0 Å². The van der Waals surface area contributed by atoms with Gasteiger partial charge in [-0.25, -0.2) is 0 Å². The Morgan fingerprint density at radius 2 is 1.52 bits per heavy atom. The number of benzene rings is 3. The SMILES string of the molecule is C[Si]1(C)c2ccccc2N2c3[se]c(/C=C4\C(=O)c5cc6cc[se]c6cc5C4=O)cc3C3(c4cccc1c42)C1CC2CC(C1)CC3C2. The first-order valence-corrected chi connectivity index (χ1v) is 23.4. The monoisotopic (exact) mass is 747 g/mol. The minimum absolute atomic E-state index is 0.0200. The normalized spacial score (nSPS) is 29.9. The van der Waals surface area contributed by atoms with Crippen molar-refractivity contribution in [3.63, 3.8) is 0 Å². The van der Waals surface area contributed by atoms with Crippen molar-refractivity contribution in [1.29, 1.82) is 0 Å². The van der Waals surface area contributed by atoms with Gasteiger partial charge in [0.2, 0.25) is 0 Å². The van der Waals surface area contributed by atoms with Gasteiger partial charge >= 0.3 is 283 Å². The molecule has 0 atom stereocenters. The summed E-state index contributed by atoms with van der Waals surface area (Å²) in [6.45, 7) is 5.09. The maximum atomic E-state index is 13.9. The predicted octanol–water partition coefficient (Wildman–Crippen LogP) is 7.08. The second kappa shape index (κ2) is 8.92. The number of para-hydroxylation sites is 2. The molecule has 3 aromatic carbocycles. The molecule has 3 nitrogen and oxygen atoms in total. The first kappa shape index (κ1) is 27.0. The zero-order chi connectivity index (χ0) is 30.7. The van der Waals surface area contributed by atoms with Gasteiger partial charge in [-0.05, 0) is 0 Å². The van der Waals surface area contributed by atoms with Crippen LogP contribution in [0.2, 0.25) is 13.1 Å². The molecule has 46 heavy (non-hydrogen) atoms. The first-order chi connectivity index (χ1) is 22.3. The molecule has 5 aliphatic carbocycles. The van der Waals surface area contributed by atoms with E-state index in [1.807, 2.05) is 18.2 Å². The van der Waals surface area contributed by atoms with E-state index < -0.39 is 8.07 Å². The van der Waals surface area contributed by atoms with Crippen LogP contribution in [0.4, 0.5) is 15.9 Å². The summed E-state index contributed by atoms with van der Waals surface area (Å²) in [6, 6.07) is 25.0. The number of hydrogen-bond donors (Lipinski definition) is 0. The number of nitrogens with zero attached hydrogens (tertiary/aromatic N) is 1. The molecule has 12 rings (SSSR count). The van der Waals surface area contributed by atoms with Gasteiger partial charge in [0.15, 0.2) is 0 Å². The fourth-order valence-electron chi connectivity index (χ4n) is 11.2. The average molecular weight is 746 g/mol. The standard InChI is InChI=1S/C40H33NO2Se2Si/c1-46(2)34-8-4-3-7-32(34)41-36-30(6-5-9-35(36)46)40(24-13-21-12-22(15-24)16-25(40)14-21)31-19-26(45-39(31)41)18-29-37(42)27-17-23-10-11-44-33(23)20-28(27)38(29)43/h3-11,17-22,24-25H,12-16H2,1-2H3/b29-18+. The van der Waals surface area contributed by atoms with Crippen LogP contribution in [-0.2, 0) is 5.41 Å². The molecule has 2 aliphatic heterocycles. The van der Waals surface area contributed by atoms with Gasteiger partial charge in [0.1, 0.15) is 0 Å². The summed E-state index contributed by atoms with van der Waals surface area (Å²) < 4.78 is 3.86. The Bertz CT molecular complexity index is 2190. The van der Waals surface area contributed by atoms with E-state index in [9.17, 15) is 9.59 Å². The molecule has 0 saturated heterocycles. The van der Waals surface area contributed by atoms with E-state index in [1.54, 1.807) is 10.8 Å². The molecule has 0 N–H and O–H groups in total. The van der Waals surface area contributed by atoms with Crippen LogP contribution in [0.25, 0.3) is 15.7 Å². The van der Waals surface area contributed by atoms with E-state index in [0.29, 0.717) is 28.5 Å². The van der Waals surface area contributed by atoms with Crippen LogP contribution >= 0.6 is 0 Å². The molecule has 0 unspecified atom stereocenters. The summed E-state index contributed by atoms with van der Waals surface area (Å²) in [5.74, 6) is 2.91. The van der Waals surface area contributed by atoms with Gasteiger partial charge in [0.05, 0.1) is 0 Å². The number of fused-ring (bicyclic) bond motifs is 6. The Morgan fingerprint density at radius 1 is 0.804 bits per heavy atom. The van der Waals surface area contributed by atoms with Gasteiger partial charge in [-0.1, -0.05) is 0 Å². The molecule has 6 heteroatoms. The second-order valence-electron chi connectivity index (χ2n) is 15.3. The van der Waals surface area contributed by atoms with Gasteiger partial charge < -0.3 is 0 Å². The molecule has 4 bridgehead atoms. The summed E-state index contributed by atoms with van der Waals surface area (Å²) >= 11 is 0.219. The van der Waals surface area contributed by atoms with E-state index >= 15 is 0 Å². The van der Waals surface area contributed by atoms with Crippen molar-refractivity contribution in [3.8, 4) is 0 Å². The minimum atomic E-state index is -1.94. The molecule has 0 amide bonds. The van der Waals surface area contributed by atoms with Crippen LogP contribution in [0.1, 0.15) is 68.4 Å². The summed E-state index contributed by atoms with van der Waals surface area (Å²) in [5.41, 5.74) is 7.56. The first-order valence-electron chi connectivity index (χ1n) is 16.8. The van der Waals surface area contributed by atoms with Crippen LogP contribution in [0.15, 0.2) is 77.2 Å². The summed E-state index contributed by atoms with van der Waals surface area (Å²) in [7, 11) is -1.94. The van der Waals surface area contributed by atoms with Gasteiger partial charge in [-0.15, -0.1) is 0 Å². The molecular weight excluding hydrogens is 712 g/mol. The Morgan fingerprint density at radius 3 is 2.30 bits per heavy atom. The van der Waals surface area contributed by atoms with E-state index in [0.717, 1.165) is 17.2 Å². The Labute approximate surface area is 281 Å². The van der Waals surface area contributed by atoms with Crippen LogP contribution in [-0.4, -0.2) is 48.6 Å². The number of carbonyl (C=O) groups is 2. The van der Waals surface area contributed by atoms with Crippen molar-refractivity contribution < 1.29 is 9.59 Å². The van der Waals surface area contributed by atoms with Crippen molar-refractivity contribution in [3.05, 3.63) is 104 Å². The van der Waals surface area contributed by atoms with Crippen LogP contribution in [0, 0.1) is 23.7 Å². The number of hydrogen-bond acceptors (Lipinski definition) is 3. The number of ketones is 2. The molecule has 226 valence electrons. The average Bonchev–Trinajstić information content (AvgIpc) is 3.75. The van der Waals surface area contributed by atoms with Crippen molar-refractivity contribution in [2.24, 2.45) is 23.7 Å². The van der Waals surface area contributed by atoms with Gasteiger partial charge in [-0.3, -0.25) is 0 Å². The predicted molar refractivity (Wildman–Crippen MR) is 190 cm³/mol. The van der Waals surface area contributed by atoms with E-state index in [2.05, 4.69) is 77.5 Å². The van der Waals surface area contributed by atoms with Gasteiger partial charge in [-0.2, -0.15) is 0 Å². The number of Topliss-reactive ketones (excluding diaryl/α,β-unsaturated/α-hetero) is 2. The molecule has 4 fully saturated rings. The van der Waals surface area contributed by atoms with Crippen LogP contribution in [0.3, 0.4) is 0 Å². The Balaban J connectivity index is 1.16. The van der Waals surface area contributed by atoms with Crippen molar-refractivity contribution in [1.82, 2.24) is 0 Å². The fraction of sp³-hybridized carbons (Fsp3) is 0.300. The third-order valence-corrected chi connectivity index (χ3v) is 20.5. The van der Waals surface area contributed by atoms with E-state index in [-0.39, 0.29) is 46.0 Å². The molecule has 1 spiro atoms. The topological polar surface area (TPSA) is 37.4 Å². The maximum absolute atomic E-state index is 13.9. The third kappa shape index (κ3) is 3.17. The Hall–Kier alpha value is -2.98. The molecular formula is C40H33NO2Se2Si. The fourth-order valence-corrected chi connectivity index (χ4v) is 18.4. The summed E-state index contributed by atoms with van der Waals surface area (Å²) in [5, 5.41) is 4.19. The summed E-state index contributed by atoms with van der Waals surface area (Å²) in [6.07, 6.45) is 8.82. The van der Waals surface area contributed by atoms with E-state index in [1.165, 1.54) is 67.5 Å². The molecule has 5 aromatic rings. The van der Waals surface area contributed by atoms with Crippen LogP contribution < -0.4 is 15.3 Å². The van der Waals surface area contributed by atoms with Gasteiger partial charge in [0.25, 0.3) is 0 Å². The third-order valence-electron chi connectivity index (χ3n) is 12.9. The van der Waals surface area contributed by atoms with Crippen molar-refractivity contribution in [2.45, 2.75) is 50.6 Å². The quantitative estimate of drug-likeness (QED) is 0.105. The Kier molecular flexibility index (Phi) is 5.24. The van der Waals surface area contributed by atoms with Crippen molar-refractivity contribution >= 4 is 90.7 Å². The number of rotatable bonds is 1. The molecule has 0 radical (unpaired) electrons.